The van der Waals surface area contributed by atoms with E-state index < -0.39 is 5.97 Å². The monoisotopic (exact) mass is 534 g/mol. The van der Waals surface area contributed by atoms with Crippen molar-refractivity contribution >= 4 is 34.9 Å². The molecule has 0 saturated heterocycles. The summed E-state index contributed by atoms with van der Waals surface area (Å²) < 4.78 is 1.43. The molecule has 1 unspecified atom stereocenters. The minimum Gasteiger partial charge on any atom is -0.478 e. The van der Waals surface area contributed by atoms with Gasteiger partial charge in [0.25, 0.3) is 0 Å². The van der Waals surface area contributed by atoms with Crippen molar-refractivity contribution < 1.29 is 15.1 Å². The Kier molecular flexibility index (Phi) is 7.81. The van der Waals surface area contributed by atoms with Crippen molar-refractivity contribution in [2.75, 3.05) is 0 Å². The first kappa shape index (κ1) is 26.2. The van der Waals surface area contributed by atoms with Crippen molar-refractivity contribution in [1.29, 1.82) is 0 Å². The number of hydrogen-bond acceptors (Lipinski definition) is 4. The van der Waals surface area contributed by atoms with Crippen LogP contribution in [0.25, 0.3) is 11.1 Å². The number of hydrogen-bond donors (Lipinski definition) is 2. The van der Waals surface area contributed by atoms with Crippen molar-refractivity contribution in [3.05, 3.63) is 127 Å². The highest BCUT2D eigenvalue weighted by molar-refractivity contribution is 6.35. The van der Waals surface area contributed by atoms with Gasteiger partial charge in [-0.3, -0.25) is 4.79 Å². The van der Waals surface area contributed by atoms with Crippen molar-refractivity contribution in [2.24, 2.45) is 12.2 Å². The number of oxime groups is 1. The third-order valence-corrected chi connectivity index (χ3v) is 6.93. The Balaban J connectivity index is 1.74. The molecule has 0 aliphatic rings. The molecule has 1 aromatic heterocycles. The van der Waals surface area contributed by atoms with Gasteiger partial charge in [0, 0.05) is 47.3 Å². The van der Waals surface area contributed by atoms with E-state index in [1.54, 1.807) is 49.6 Å². The summed E-state index contributed by atoms with van der Waals surface area (Å²) in [6.45, 7) is 1.88. The van der Waals surface area contributed by atoms with Gasteiger partial charge in [0.1, 0.15) is 0 Å². The maximum Gasteiger partial charge on any atom is 0.335 e. The van der Waals surface area contributed by atoms with Gasteiger partial charge in [0.05, 0.1) is 11.3 Å². The molecule has 1 heterocycles. The van der Waals surface area contributed by atoms with Crippen LogP contribution in [-0.4, -0.2) is 26.6 Å². The second-order valence-electron chi connectivity index (χ2n) is 8.79. The van der Waals surface area contributed by atoms with E-state index in [0.29, 0.717) is 27.7 Å². The summed E-state index contributed by atoms with van der Waals surface area (Å²) in [6, 6.07) is 21.3. The molecule has 4 aromatic rings. The topological polar surface area (TPSA) is 91.9 Å². The fourth-order valence-electron chi connectivity index (χ4n) is 4.38. The fraction of sp³-hybridized carbons (Fsp3) is 0.138. The average molecular weight is 535 g/mol. The lowest BCUT2D eigenvalue weighted by Gasteiger charge is -2.21. The van der Waals surface area contributed by atoms with Crippen LogP contribution < -0.4 is 5.56 Å². The van der Waals surface area contributed by atoms with Gasteiger partial charge in [0.2, 0.25) is 5.56 Å². The largest absolute Gasteiger partial charge is 0.478 e. The van der Waals surface area contributed by atoms with Crippen LogP contribution in [0.4, 0.5) is 0 Å². The molecule has 37 heavy (non-hydrogen) atoms. The van der Waals surface area contributed by atoms with Crippen molar-refractivity contribution in [1.82, 2.24) is 4.57 Å². The van der Waals surface area contributed by atoms with Crippen molar-refractivity contribution in [3.63, 3.8) is 0 Å². The van der Waals surface area contributed by atoms with E-state index in [0.717, 1.165) is 27.8 Å². The van der Waals surface area contributed by atoms with Crippen LogP contribution in [0.5, 0.6) is 0 Å². The van der Waals surface area contributed by atoms with Gasteiger partial charge < -0.3 is 14.9 Å². The molecular formula is C29H24Cl2N2O4. The van der Waals surface area contributed by atoms with Crippen LogP contribution in [0.15, 0.2) is 88.9 Å². The van der Waals surface area contributed by atoms with E-state index in [1.807, 2.05) is 37.3 Å². The van der Waals surface area contributed by atoms with Gasteiger partial charge in [-0.25, -0.2) is 4.79 Å². The summed E-state index contributed by atoms with van der Waals surface area (Å²) in [4.78, 5) is 23.1. The van der Waals surface area contributed by atoms with E-state index in [-0.39, 0.29) is 17.0 Å². The number of carbonyl (C=O) groups is 1. The maximum atomic E-state index is 11.9. The predicted octanol–water partition coefficient (Wildman–Crippen LogP) is 6.77. The van der Waals surface area contributed by atoms with Gasteiger partial charge in [-0.15, -0.1) is 0 Å². The summed E-state index contributed by atoms with van der Waals surface area (Å²) >= 11 is 12.7. The molecule has 0 aliphatic heterocycles. The molecule has 0 spiro atoms. The predicted molar refractivity (Wildman–Crippen MR) is 147 cm³/mol. The van der Waals surface area contributed by atoms with Crippen molar-refractivity contribution in [3.8, 4) is 11.1 Å². The zero-order valence-corrected chi connectivity index (χ0v) is 21.7. The number of carboxylic acid groups (broad SMARTS) is 1. The first-order valence-corrected chi connectivity index (χ1v) is 12.2. The van der Waals surface area contributed by atoms with E-state index in [1.165, 1.54) is 10.6 Å². The minimum absolute atomic E-state index is 0.166. The smallest absolute Gasteiger partial charge is 0.335 e. The highest BCUT2D eigenvalue weighted by atomic mass is 35.5. The molecule has 1 atom stereocenters. The summed E-state index contributed by atoms with van der Waals surface area (Å²) in [5.41, 5.74) is 5.56. The van der Waals surface area contributed by atoms with Crippen molar-refractivity contribution in [2.45, 2.75) is 19.3 Å². The second kappa shape index (κ2) is 11.0. The number of benzene rings is 3. The quantitative estimate of drug-likeness (QED) is 0.155. The molecule has 0 radical (unpaired) electrons. The Hall–Kier alpha value is -3.87. The Morgan fingerprint density at radius 2 is 1.68 bits per heavy atom. The SMILES string of the molecule is Cc1cc(C(=O)O)ccc1-c1ccc(C(C/C(=N\O)c2ccc(=O)n(C)c2)c2ccc(Cl)cc2Cl)cc1. The lowest BCUT2D eigenvalue weighted by Crippen LogP contribution is -2.18. The molecule has 0 bridgehead atoms. The van der Waals surface area contributed by atoms with Crippen LogP contribution >= 0.6 is 23.2 Å². The third-order valence-electron chi connectivity index (χ3n) is 6.37. The van der Waals surface area contributed by atoms with E-state index in [4.69, 9.17) is 23.2 Å². The molecule has 2 N–H and O–H groups in total. The summed E-state index contributed by atoms with van der Waals surface area (Å²) in [5, 5.41) is 23.7. The highest BCUT2D eigenvalue weighted by Crippen LogP contribution is 2.36. The number of pyridine rings is 1. The van der Waals surface area contributed by atoms with Gasteiger partial charge in [-0.2, -0.15) is 0 Å². The van der Waals surface area contributed by atoms with Crippen LogP contribution in [0.1, 0.15) is 45.0 Å². The Labute approximate surface area is 224 Å². The molecule has 3 aromatic carbocycles. The zero-order chi connectivity index (χ0) is 26.7. The molecule has 0 fully saturated rings. The molecule has 0 aliphatic carbocycles. The highest BCUT2D eigenvalue weighted by Gasteiger charge is 2.22. The lowest BCUT2D eigenvalue weighted by molar-refractivity contribution is 0.0697. The zero-order valence-electron chi connectivity index (χ0n) is 20.2. The number of rotatable bonds is 7. The normalized spacial score (nSPS) is 12.4. The van der Waals surface area contributed by atoms with Gasteiger partial charge >= 0.3 is 5.97 Å². The van der Waals surface area contributed by atoms with Gasteiger partial charge in [-0.05, 0) is 65.1 Å². The average Bonchev–Trinajstić information content (AvgIpc) is 2.87. The van der Waals surface area contributed by atoms with Crippen LogP contribution in [0.3, 0.4) is 0 Å². The maximum absolute atomic E-state index is 11.9. The molecule has 0 amide bonds. The second-order valence-corrected chi connectivity index (χ2v) is 9.64. The standard InChI is InChI=1S/C29H24Cl2N2O4/c1-17-13-20(29(35)36)7-10-23(17)18-3-5-19(6-4-18)25(24-11-9-22(30)14-26(24)31)15-27(32-37)21-8-12-28(34)33(2)16-21/h3-14,16,25,37H,15H2,1-2H3,(H,35,36)/b32-27+. The summed E-state index contributed by atoms with van der Waals surface area (Å²) in [5.74, 6) is -1.25. The summed E-state index contributed by atoms with van der Waals surface area (Å²) in [7, 11) is 1.64. The van der Waals surface area contributed by atoms with E-state index in [9.17, 15) is 19.9 Å². The van der Waals surface area contributed by atoms with Crippen LogP contribution in [0.2, 0.25) is 10.0 Å². The van der Waals surface area contributed by atoms with E-state index in [2.05, 4.69) is 5.16 Å². The Morgan fingerprint density at radius 1 is 0.973 bits per heavy atom. The number of halogens is 2. The lowest BCUT2D eigenvalue weighted by atomic mass is 9.84. The Morgan fingerprint density at radius 3 is 2.27 bits per heavy atom. The molecule has 8 heteroatoms. The molecule has 188 valence electrons. The van der Waals surface area contributed by atoms with Gasteiger partial charge in [-0.1, -0.05) is 64.8 Å². The molecular weight excluding hydrogens is 511 g/mol. The summed E-state index contributed by atoms with van der Waals surface area (Å²) in [6.07, 6.45) is 1.94. The number of carboxylic acids is 1. The fourth-order valence-corrected chi connectivity index (χ4v) is 4.92. The third kappa shape index (κ3) is 5.77. The molecule has 6 nitrogen and oxygen atoms in total. The Bertz CT molecular complexity index is 1560. The van der Waals surface area contributed by atoms with E-state index >= 15 is 0 Å². The van der Waals surface area contributed by atoms with Crippen LogP contribution in [0, 0.1) is 6.92 Å². The van der Waals surface area contributed by atoms with Gasteiger partial charge in [0.15, 0.2) is 0 Å². The number of aromatic nitrogens is 1. The van der Waals surface area contributed by atoms with Crippen LogP contribution in [-0.2, 0) is 7.05 Å². The first-order chi connectivity index (χ1) is 17.7. The number of aryl methyl sites for hydroxylation is 2. The molecule has 4 rings (SSSR count). The number of nitrogens with zero attached hydrogens (tertiary/aromatic N) is 2. The minimum atomic E-state index is -0.965. The molecule has 0 saturated carbocycles. The first-order valence-electron chi connectivity index (χ1n) is 11.4. The number of aromatic carboxylic acids is 1.